The van der Waals surface area contributed by atoms with E-state index in [0.717, 1.165) is 37.7 Å². The number of carbonyl (C=O) groups is 2. The molecule has 2 aliphatic heterocycles. The van der Waals surface area contributed by atoms with Crippen molar-refractivity contribution in [3.05, 3.63) is 52.2 Å². The third-order valence-corrected chi connectivity index (χ3v) is 7.26. The number of benzene rings is 1. The average molecular weight is 413 g/mol. The molecule has 3 heterocycles. The number of piperidine rings is 1. The van der Waals surface area contributed by atoms with Gasteiger partial charge in [-0.3, -0.25) is 9.59 Å². The largest absolute Gasteiger partial charge is 0.346 e. The topological polar surface area (TPSA) is 53.9 Å². The van der Waals surface area contributed by atoms with Crippen molar-refractivity contribution in [3.8, 4) is 0 Å². The molecule has 0 bridgehead atoms. The van der Waals surface area contributed by atoms with Gasteiger partial charge in [0.05, 0.1) is 24.5 Å². The Bertz CT molecular complexity index is 826. The van der Waals surface area contributed by atoms with Crippen molar-refractivity contribution in [3.63, 3.8) is 0 Å². The molecule has 2 aromatic rings. The number of likely N-dealkylation sites (tertiary alicyclic amines) is 1. The van der Waals surface area contributed by atoms with Crippen molar-refractivity contribution < 1.29 is 14.5 Å². The highest BCUT2D eigenvalue weighted by molar-refractivity contribution is 7.10. The van der Waals surface area contributed by atoms with Crippen LogP contribution in [-0.2, 0) is 4.79 Å². The zero-order valence-electron chi connectivity index (χ0n) is 17.0. The van der Waals surface area contributed by atoms with E-state index in [1.807, 2.05) is 24.3 Å². The van der Waals surface area contributed by atoms with Gasteiger partial charge in [0.15, 0.2) is 0 Å². The third-order valence-electron chi connectivity index (χ3n) is 6.28. The van der Waals surface area contributed by atoms with E-state index in [1.165, 1.54) is 17.7 Å². The van der Waals surface area contributed by atoms with Crippen molar-refractivity contribution in [1.82, 2.24) is 5.32 Å². The van der Waals surface area contributed by atoms with Crippen molar-refractivity contribution in [1.29, 1.82) is 0 Å². The second-order valence-corrected chi connectivity index (χ2v) is 9.29. The summed E-state index contributed by atoms with van der Waals surface area (Å²) in [4.78, 5) is 29.4. The fourth-order valence-electron chi connectivity index (χ4n) is 4.43. The molecular weight excluding hydrogens is 382 g/mol. The van der Waals surface area contributed by atoms with Crippen LogP contribution >= 0.6 is 11.3 Å². The number of thiophene rings is 1. The highest BCUT2D eigenvalue weighted by Crippen LogP contribution is 2.22. The number of rotatable bonds is 6. The van der Waals surface area contributed by atoms with Gasteiger partial charge in [0, 0.05) is 24.2 Å². The standard InChI is InChI=1S/C23H29N3O2S/c1-17-10-13-25(14-11-17)20(21-4-3-15-29-21)16-24-23(28)18-6-8-19(9-7-18)26-12-2-5-22(26)27/h3-4,6-9,15,17,20H,2,5,10-14,16H2,1H3,(H,24,28)/p+1/t20-/m0/s1. The number of anilines is 1. The zero-order valence-corrected chi connectivity index (χ0v) is 17.8. The molecule has 0 spiro atoms. The van der Waals surface area contributed by atoms with E-state index in [2.05, 4.69) is 29.8 Å². The van der Waals surface area contributed by atoms with Crippen LogP contribution in [0.25, 0.3) is 0 Å². The van der Waals surface area contributed by atoms with Gasteiger partial charge in [-0.15, -0.1) is 11.3 Å². The van der Waals surface area contributed by atoms with Crippen LogP contribution in [0.15, 0.2) is 41.8 Å². The Morgan fingerprint density at radius 1 is 1.24 bits per heavy atom. The number of amides is 2. The Morgan fingerprint density at radius 2 is 2.00 bits per heavy atom. The first-order chi connectivity index (χ1) is 14.1. The Labute approximate surface area is 176 Å². The second kappa shape index (κ2) is 9.09. The first kappa shape index (κ1) is 20.1. The smallest absolute Gasteiger partial charge is 0.251 e. The summed E-state index contributed by atoms with van der Waals surface area (Å²) >= 11 is 1.78. The van der Waals surface area contributed by atoms with E-state index in [9.17, 15) is 9.59 Å². The quantitative estimate of drug-likeness (QED) is 0.766. The van der Waals surface area contributed by atoms with Gasteiger partial charge < -0.3 is 15.1 Å². The predicted octanol–water partition coefficient (Wildman–Crippen LogP) is 2.66. The lowest BCUT2D eigenvalue weighted by molar-refractivity contribution is -0.935. The van der Waals surface area contributed by atoms with Crippen LogP contribution in [0.5, 0.6) is 0 Å². The molecule has 1 aromatic carbocycles. The monoisotopic (exact) mass is 412 g/mol. The second-order valence-electron chi connectivity index (χ2n) is 8.31. The Kier molecular flexibility index (Phi) is 6.31. The minimum Gasteiger partial charge on any atom is -0.346 e. The molecule has 5 nitrogen and oxygen atoms in total. The minimum atomic E-state index is -0.0457. The average Bonchev–Trinajstić information content (AvgIpc) is 3.41. The molecule has 1 atom stereocenters. The number of carbonyl (C=O) groups excluding carboxylic acids is 2. The molecule has 2 saturated heterocycles. The zero-order chi connectivity index (χ0) is 20.2. The van der Waals surface area contributed by atoms with Gasteiger partial charge in [0.2, 0.25) is 5.91 Å². The Morgan fingerprint density at radius 3 is 2.62 bits per heavy atom. The summed E-state index contributed by atoms with van der Waals surface area (Å²) in [6, 6.07) is 12.0. The van der Waals surface area contributed by atoms with E-state index in [0.29, 0.717) is 24.6 Å². The van der Waals surface area contributed by atoms with Crippen LogP contribution in [0.2, 0.25) is 0 Å². The molecule has 0 saturated carbocycles. The molecule has 0 radical (unpaired) electrons. The maximum Gasteiger partial charge on any atom is 0.251 e. The van der Waals surface area contributed by atoms with Crippen LogP contribution in [0, 0.1) is 5.92 Å². The minimum absolute atomic E-state index is 0.0457. The molecular formula is C23H30N3O2S+. The molecule has 0 unspecified atom stereocenters. The number of hydrogen-bond donors (Lipinski definition) is 2. The maximum atomic E-state index is 12.8. The van der Waals surface area contributed by atoms with E-state index in [1.54, 1.807) is 21.1 Å². The first-order valence-corrected chi connectivity index (χ1v) is 11.6. The van der Waals surface area contributed by atoms with Crippen molar-refractivity contribution >= 4 is 28.8 Å². The van der Waals surface area contributed by atoms with Gasteiger partial charge in [-0.25, -0.2) is 0 Å². The normalized spacial score (nSPS) is 23.2. The van der Waals surface area contributed by atoms with Crippen LogP contribution in [0.4, 0.5) is 5.69 Å². The molecule has 0 aliphatic carbocycles. The van der Waals surface area contributed by atoms with E-state index < -0.39 is 0 Å². The summed E-state index contributed by atoms with van der Waals surface area (Å²) in [5.41, 5.74) is 1.53. The number of nitrogens with one attached hydrogen (secondary N) is 2. The summed E-state index contributed by atoms with van der Waals surface area (Å²) in [6.45, 7) is 6.08. The van der Waals surface area contributed by atoms with Crippen molar-refractivity contribution in [2.45, 2.75) is 38.6 Å². The number of nitrogens with zero attached hydrogens (tertiary/aromatic N) is 1. The van der Waals surface area contributed by atoms with Crippen LogP contribution in [0.3, 0.4) is 0 Å². The summed E-state index contributed by atoms with van der Waals surface area (Å²) in [5, 5.41) is 5.28. The lowest BCUT2D eigenvalue weighted by atomic mass is 9.97. The third kappa shape index (κ3) is 4.70. The number of hydrogen-bond acceptors (Lipinski definition) is 3. The maximum absolute atomic E-state index is 12.8. The molecule has 2 amide bonds. The summed E-state index contributed by atoms with van der Waals surface area (Å²) in [5.74, 6) is 0.925. The first-order valence-electron chi connectivity index (χ1n) is 10.7. The molecule has 1 aromatic heterocycles. The van der Waals surface area contributed by atoms with E-state index in [4.69, 9.17) is 0 Å². The van der Waals surface area contributed by atoms with Gasteiger partial charge in [-0.1, -0.05) is 13.0 Å². The predicted molar refractivity (Wildman–Crippen MR) is 117 cm³/mol. The van der Waals surface area contributed by atoms with Crippen LogP contribution in [0.1, 0.15) is 53.9 Å². The lowest BCUT2D eigenvalue weighted by Gasteiger charge is -2.33. The fraction of sp³-hybridized carbons (Fsp3) is 0.478. The van der Waals surface area contributed by atoms with Gasteiger partial charge in [-0.2, -0.15) is 0 Å². The summed E-state index contributed by atoms with van der Waals surface area (Å²) in [6.07, 6.45) is 4.02. The molecule has 6 heteroatoms. The van der Waals surface area contributed by atoms with E-state index >= 15 is 0 Å². The van der Waals surface area contributed by atoms with Crippen LogP contribution < -0.4 is 15.1 Å². The highest BCUT2D eigenvalue weighted by atomic mass is 32.1. The van der Waals surface area contributed by atoms with Gasteiger partial charge in [0.25, 0.3) is 5.91 Å². The summed E-state index contributed by atoms with van der Waals surface area (Å²) in [7, 11) is 0. The number of quaternary nitrogens is 1. The Balaban J connectivity index is 1.39. The van der Waals surface area contributed by atoms with Gasteiger partial charge in [-0.05, 0) is 60.9 Å². The molecule has 2 aliphatic rings. The summed E-state index contributed by atoms with van der Waals surface area (Å²) < 4.78 is 0. The van der Waals surface area contributed by atoms with Crippen molar-refractivity contribution in [2.24, 2.45) is 5.92 Å². The molecule has 4 rings (SSSR count). The van der Waals surface area contributed by atoms with Crippen LogP contribution in [-0.4, -0.2) is 38.0 Å². The van der Waals surface area contributed by atoms with Crippen molar-refractivity contribution in [2.75, 3.05) is 31.1 Å². The fourth-order valence-corrected chi connectivity index (χ4v) is 5.31. The van der Waals surface area contributed by atoms with Gasteiger partial charge in [0.1, 0.15) is 6.04 Å². The molecule has 2 fully saturated rings. The SMILES string of the molecule is CC1CC[NH+]([C@@H](CNC(=O)c2ccc(N3CCCC3=O)cc2)c2cccs2)CC1. The van der Waals surface area contributed by atoms with E-state index in [-0.39, 0.29) is 11.8 Å². The Hall–Kier alpha value is -2.18. The van der Waals surface area contributed by atoms with Gasteiger partial charge >= 0.3 is 0 Å². The molecule has 2 N–H and O–H groups in total. The lowest BCUT2D eigenvalue weighted by Crippen LogP contribution is -3.14. The molecule has 29 heavy (non-hydrogen) atoms. The molecule has 154 valence electrons. The highest BCUT2D eigenvalue weighted by Gasteiger charge is 2.29.